The molecule has 2 aromatic rings. The molecule has 0 bridgehead atoms. The van der Waals surface area contributed by atoms with Gasteiger partial charge in [-0.15, -0.1) is 0 Å². The van der Waals surface area contributed by atoms with Crippen LogP contribution in [0.2, 0.25) is 0 Å². The first-order chi connectivity index (χ1) is 13.0. The normalized spacial score (nSPS) is 24.5. The molecule has 10 nitrogen and oxygen atoms in total. The van der Waals surface area contributed by atoms with Gasteiger partial charge in [0, 0.05) is 12.3 Å². The summed E-state index contributed by atoms with van der Waals surface area (Å²) in [5, 5.41) is 22.1. The lowest BCUT2D eigenvalue weighted by atomic mass is 10.1. The van der Waals surface area contributed by atoms with Crippen LogP contribution >= 0.6 is 0 Å². The maximum absolute atomic E-state index is 12.1. The lowest BCUT2D eigenvalue weighted by molar-refractivity contribution is -0.0469. The highest BCUT2D eigenvalue weighted by atomic mass is 16.6. The molecular weight excluding hydrogens is 358 g/mol. The second-order valence-corrected chi connectivity index (χ2v) is 5.99. The van der Waals surface area contributed by atoms with E-state index in [2.05, 4.69) is 10.3 Å². The van der Waals surface area contributed by atoms with Crippen molar-refractivity contribution in [1.82, 2.24) is 14.9 Å². The van der Waals surface area contributed by atoms with Crippen molar-refractivity contribution in [3.63, 3.8) is 0 Å². The maximum atomic E-state index is 12.1. The molecule has 144 valence electrons. The number of hydrogen-bond donors (Lipinski definition) is 4. The van der Waals surface area contributed by atoms with Gasteiger partial charge in [-0.2, -0.15) is 0 Å². The lowest BCUT2D eigenvalue weighted by Crippen LogP contribution is -2.48. The van der Waals surface area contributed by atoms with Crippen LogP contribution in [0.15, 0.2) is 52.2 Å². The van der Waals surface area contributed by atoms with Crippen LogP contribution in [0.25, 0.3) is 0 Å². The van der Waals surface area contributed by atoms with Gasteiger partial charge in [0.1, 0.15) is 24.9 Å². The SMILES string of the molecule is O=C(N[C@@H]1[C@H](O)[C@@H](CO)O[C@H]1n1ccc(=O)[nH]c1=O)OCc1ccccc1. The van der Waals surface area contributed by atoms with Gasteiger partial charge in [0.05, 0.1) is 6.61 Å². The van der Waals surface area contributed by atoms with Crippen molar-refractivity contribution in [2.24, 2.45) is 0 Å². The van der Waals surface area contributed by atoms with Gasteiger partial charge >= 0.3 is 11.8 Å². The van der Waals surface area contributed by atoms with Crippen LogP contribution in [0.1, 0.15) is 11.8 Å². The Labute approximate surface area is 153 Å². The number of carbonyl (C=O) groups is 1. The Morgan fingerprint density at radius 1 is 1.26 bits per heavy atom. The average molecular weight is 377 g/mol. The molecule has 1 aliphatic heterocycles. The van der Waals surface area contributed by atoms with Crippen molar-refractivity contribution in [2.45, 2.75) is 31.1 Å². The molecule has 27 heavy (non-hydrogen) atoms. The minimum absolute atomic E-state index is 0.0169. The van der Waals surface area contributed by atoms with Crippen LogP contribution in [0, 0.1) is 0 Å². The Kier molecular flexibility index (Phi) is 5.69. The number of rotatable bonds is 5. The summed E-state index contributed by atoms with van der Waals surface area (Å²) in [6, 6.07) is 9.03. The standard InChI is InChI=1S/C17H19N3O7/c21-8-11-14(23)13(15(27-11)20-7-6-12(22)18-16(20)24)19-17(25)26-9-10-4-2-1-3-5-10/h1-7,11,13-15,21,23H,8-9H2,(H,19,25)(H,18,22,24)/t11-,13-,14-,15-/m1/s1. The zero-order chi connectivity index (χ0) is 19.4. The highest BCUT2D eigenvalue weighted by Crippen LogP contribution is 2.28. The fourth-order valence-corrected chi connectivity index (χ4v) is 2.82. The van der Waals surface area contributed by atoms with Crippen molar-refractivity contribution < 1.29 is 24.5 Å². The minimum Gasteiger partial charge on any atom is -0.445 e. The summed E-state index contributed by atoms with van der Waals surface area (Å²) in [5.41, 5.74) is -0.597. The molecule has 3 rings (SSSR count). The van der Waals surface area contributed by atoms with Gasteiger partial charge in [-0.05, 0) is 5.56 Å². The van der Waals surface area contributed by atoms with Crippen molar-refractivity contribution in [3.8, 4) is 0 Å². The molecule has 0 spiro atoms. The Hall–Kier alpha value is -2.95. The number of benzene rings is 1. The minimum atomic E-state index is -1.29. The molecule has 1 saturated heterocycles. The van der Waals surface area contributed by atoms with Gasteiger partial charge in [-0.3, -0.25) is 14.3 Å². The summed E-state index contributed by atoms with van der Waals surface area (Å²) in [5.74, 6) is 0. The van der Waals surface area contributed by atoms with Gasteiger partial charge in [0.2, 0.25) is 0 Å². The Morgan fingerprint density at radius 3 is 2.67 bits per heavy atom. The molecular formula is C17H19N3O7. The summed E-state index contributed by atoms with van der Waals surface area (Å²) in [4.78, 5) is 37.4. The van der Waals surface area contributed by atoms with Crippen molar-refractivity contribution in [2.75, 3.05) is 6.61 Å². The van der Waals surface area contributed by atoms with Crippen molar-refractivity contribution in [3.05, 3.63) is 69.0 Å². The second kappa shape index (κ2) is 8.16. The number of alkyl carbamates (subject to hydrolysis) is 1. The van der Waals surface area contributed by atoms with Crippen molar-refractivity contribution >= 4 is 6.09 Å². The predicted octanol–water partition coefficient (Wildman–Crippen LogP) is -0.918. The molecule has 0 saturated carbocycles. The summed E-state index contributed by atoms with van der Waals surface area (Å²) in [6.07, 6.45) is -3.09. The van der Waals surface area contributed by atoms with Gasteiger partial charge < -0.3 is 25.0 Å². The fraction of sp³-hybridized carbons (Fsp3) is 0.353. The van der Waals surface area contributed by atoms with E-state index in [9.17, 15) is 24.6 Å². The first-order valence-corrected chi connectivity index (χ1v) is 8.22. The monoisotopic (exact) mass is 377 g/mol. The third-order valence-corrected chi connectivity index (χ3v) is 4.17. The van der Waals surface area contributed by atoms with E-state index < -0.39 is 48.4 Å². The number of amides is 1. The third-order valence-electron chi connectivity index (χ3n) is 4.17. The number of hydrogen-bond acceptors (Lipinski definition) is 7. The molecule has 4 atom stereocenters. The molecule has 2 heterocycles. The fourth-order valence-electron chi connectivity index (χ4n) is 2.82. The molecule has 1 aliphatic rings. The van der Waals surface area contributed by atoms with Crippen LogP contribution < -0.4 is 16.6 Å². The number of nitrogens with zero attached hydrogens (tertiary/aromatic N) is 1. The summed E-state index contributed by atoms with van der Waals surface area (Å²) in [7, 11) is 0. The van der Waals surface area contributed by atoms with E-state index in [1.54, 1.807) is 24.3 Å². The largest absolute Gasteiger partial charge is 0.445 e. The molecule has 0 unspecified atom stereocenters. The zero-order valence-corrected chi connectivity index (χ0v) is 14.1. The van der Waals surface area contributed by atoms with Crippen molar-refractivity contribution in [1.29, 1.82) is 0 Å². The summed E-state index contributed by atoms with van der Waals surface area (Å²) >= 11 is 0. The van der Waals surface area contributed by atoms with Crippen LogP contribution in [-0.2, 0) is 16.1 Å². The topological polar surface area (TPSA) is 143 Å². The molecule has 1 fully saturated rings. The average Bonchev–Trinajstić information content (AvgIpc) is 2.96. The number of carbonyl (C=O) groups excluding carboxylic acids is 1. The first kappa shape index (κ1) is 18.8. The van der Waals surface area contributed by atoms with Crippen LogP contribution in [0.3, 0.4) is 0 Å². The van der Waals surface area contributed by atoms with E-state index in [1.165, 1.54) is 6.20 Å². The number of aromatic nitrogens is 2. The second-order valence-electron chi connectivity index (χ2n) is 5.99. The van der Waals surface area contributed by atoms with E-state index in [4.69, 9.17) is 9.47 Å². The smallest absolute Gasteiger partial charge is 0.407 e. The third kappa shape index (κ3) is 4.25. The van der Waals surface area contributed by atoms with E-state index >= 15 is 0 Å². The summed E-state index contributed by atoms with van der Waals surface area (Å²) in [6.45, 7) is -0.504. The van der Waals surface area contributed by atoms with Gasteiger partial charge in [-0.25, -0.2) is 9.59 Å². The molecule has 0 radical (unpaired) electrons. The van der Waals surface area contributed by atoms with Gasteiger partial charge in [-0.1, -0.05) is 30.3 Å². The molecule has 0 aliphatic carbocycles. The van der Waals surface area contributed by atoms with Crippen LogP contribution in [0.5, 0.6) is 0 Å². The van der Waals surface area contributed by atoms with Gasteiger partial charge in [0.25, 0.3) is 5.56 Å². The quantitative estimate of drug-likeness (QED) is 0.528. The molecule has 1 aromatic carbocycles. The van der Waals surface area contributed by atoms with E-state index in [0.29, 0.717) is 0 Å². The van der Waals surface area contributed by atoms with E-state index in [0.717, 1.165) is 16.2 Å². The number of aromatic amines is 1. The maximum Gasteiger partial charge on any atom is 0.407 e. The Balaban J connectivity index is 1.74. The molecule has 10 heteroatoms. The number of H-pyrrole nitrogens is 1. The van der Waals surface area contributed by atoms with E-state index in [-0.39, 0.29) is 6.61 Å². The number of ether oxygens (including phenoxy) is 2. The Bertz CT molecular complexity index is 895. The molecule has 1 amide bonds. The van der Waals surface area contributed by atoms with Gasteiger partial charge in [0.15, 0.2) is 6.23 Å². The number of aliphatic hydroxyl groups excluding tert-OH is 2. The highest BCUT2D eigenvalue weighted by Gasteiger charge is 2.45. The molecule has 4 N–H and O–H groups in total. The Morgan fingerprint density at radius 2 is 2.00 bits per heavy atom. The first-order valence-electron chi connectivity index (χ1n) is 8.22. The van der Waals surface area contributed by atoms with E-state index in [1.807, 2.05) is 6.07 Å². The number of nitrogens with one attached hydrogen (secondary N) is 2. The summed E-state index contributed by atoms with van der Waals surface area (Å²) < 4.78 is 11.6. The zero-order valence-electron chi connectivity index (χ0n) is 14.1. The highest BCUT2D eigenvalue weighted by molar-refractivity contribution is 5.67. The number of aliphatic hydroxyl groups is 2. The van der Waals surface area contributed by atoms with Crippen LogP contribution in [-0.4, -0.2) is 50.7 Å². The lowest BCUT2D eigenvalue weighted by Gasteiger charge is -2.22. The molecule has 1 aromatic heterocycles. The predicted molar refractivity (Wildman–Crippen MR) is 91.9 cm³/mol. The van der Waals surface area contributed by atoms with Crippen LogP contribution in [0.4, 0.5) is 4.79 Å².